The zero-order chi connectivity index (χ0) is 15.6. The number of unbranched alkanes of at least 4 members (excludes halogenated alkanes) is 1. The highest BCUT2D eigenvalue weighted by Gasteiger charge is 2.13. The first-order valence-electron chi connectivity index (χ1n) is 8.70. The number of carbonyl (C=O) groups excluding carboxylic acids is 1. The lowest BCUT2D eigenvalue weighted by Crippen LogP contribution is -2.30. The second kappa shape index (κ2) is 9.50. The first-order valence-corrected chi connectivity index (χ1v) is 8.70. The standard InChI is InChI=1S/C19H29NO2/c1-16-8-7-11-18(14-16)22-13-6-5-12-19(21)20-15-17-9-3-2-4-10-17/h7-8,11,14,17H,2-6,9-10,12-13,15H2,1H3,(H,20,21). The minimum Gasteiger partial charge on any atom is -0.494 e. The van der Waals surface area contributed by atoms with Gasteiger partial charge in [0, 0.05) is 13.0 Å². The second-order valence-corrected chi connectivity index (χ2v) is 6.43. The molecular formula is C19H29NO2. The van der Waals surface area contributed by atoms with E-state index < -0.39 is 0 Å². The number of hydrogen-bond donors (Lipinski definition) is 1. The molecule has 0 bridgehead atoms. The van der Waals surface area contributed by atoms with Crippen molar-refractivity contribution in [3.8, 4) is 5.75 Å². The quantitative estimate of drug-likeness (QED) is 0.729. The Balaban J connectivity index is 1.50. The van der Waals surface area contributed by atoms with Gasteiger partial charge in [0.25, 0.3) is 0 Å². The van der Waals surface area contributed by atoms with Crippen LogP contribution in [0.3, 0.4) is 0 Å². The Labute approximate surface area is 134 Å². The van der Waals surface area contributed by atoms with Gasteiger partial charge in [-0.1, -0.05) is 31.4 Å². The Morgan fingerprint density at radius 2 is 2.05 bits per heavy atom. The van der Waals surface area contributed by atoms with E-state index in [1.165, 1.54) is 37.7 Å². The zero-order valence-corrected chi connectivity index (χ0v) is 13.8. The van der Waals surface area contributed by atoms with Crippen LogP contribution in [0.25, 0.3) is 0 Å². The van der Waals surface area contributed by atoms with Crippen LogP contribution in [-0.2, 0) is 4.79 Å². The number of aryl methyl sites for hydroxylation is 1. The maximum absolute atomic E-state index is 11.8. The van der Waals surface area contributed by atoms with Gasteiger partial charge in [-0.15, -0.1) is 0 Å². The Morgan fingerprint density at radius 1 is 1.23 bits per heavy atom. The molecule has 1 N–H and O–H groups in total. The highest BCUT2D eigenvalue weighted by molar-refractivity contribution is 5.75. The molecule has 1 saturated carbocycles. The fraction of sp³-hybridized carbons (Fsp3) is 0.632. The topological polar surface area (TPSA) is 38.3 Å². The molecule has 0 atom stereocenters. The third kappa shape index (κ3) is 6.50. The monoisotopic (exact) mass is 303 g/mol. The van der Waals surface area contributed by atoms with Crippen LogP contribution in [0.5, 0.6) is 5.75 Å². The Bertz CT molecular complexity index is 453. The van der Waals surface area contributed by atoms with E-state index in [-0.39, 0.29) is 5.91 Å². The van der Waals surface area contributed by atoms with E-state index in [4.69, 9.17) is 4.74 Å². The van der Waals surface area contributed by atoms with Crippen LogP contribution in [-0.4, -0.2) is 19.1 Å². The van der Waals surface area contributed by atoms with Gasteiger partial charge < -0.3 is 10.1 Å². The van der Waals surface area contributed by atoms with Gasteiger partial charge in [-0.05, 0) is 56.2 Å². The van der Waals surface area contributed by atoms with Crippen molar-refractivity contribution in [1.29, 1.82) is 0 Å². The number of hydrogen-bond acceptors (Lipinski definition) is 2. The molecule has 1 fully saturated rings. The summed E-state index contributed by atoms with van der Waals surface area (Å²) in [4.78, 5) is 11.8. The van der Waals surface area contributed by atoms with Gasteiger partial charge in [0.1, 0.15) is 5.75 Å². The highest BCUT2D eigenvalue weighted by atomic mass is 16.5. The smallest absolute Gasteiger partial charge is 0.220 e. The maximum Gasteiger partial charge on any atom is 0.220 e. The molecule has 0 aromatic heterocycles. The normalized spacial score (nSPS) is 15.5. The number of amides is 1. The Morgan fingerprint density at radius 3 is 2.82 bits per heavy atom. The van der Waals surface area contributed by atoms with Crippen molar-refractivity contribution in [1.82, 2.24) is 5.32 Å². The number of benzene rings is 1. The molecule has 1 aliphatic carbocycles. The molecule has 1 aromatic carbocycles. The zero-order valence-electron chi connectivity index (χ0n) is 13.8. The van der Waals surface area contributed by atoms with E-state index in [1.807, 2.05) is 18.2 Å². The van der Waals surface area contributed by atoms with Crippen molar-refractivity contribution in [3.05, 3.63) is 29.8 Å². The Kier molecular flexibility index (Phi) is 7.27. The highest BCUT2D eigenvalue weighted by Crippen LogP contribution is 2.22. The second-order valence-electron chi connectivity index (χ2n) is 6.43. The molecule has 0 spiro atoms. The molecule has 0 radical (unpaired) electrons. The first-order chi connectivity index (χ1) is 10.7. The van der Waals surface area contributed by atoms with Crippen LogP contribution in [0.1, 0.15) is 56.9 Å². The number of ether oxygens (including phenoxy) is 1. The van der Waals surface area contributed by atoms with Crippen LogP contribution < -0.4 is 10.1 Å². The lowest BCUT2D eigenvalue weighted by atomic mass is 9.89. The summed E-state index contributed by atoms with van der Waals surface area (Å²) in [6, 6.07) is 8.08. The number of rotatable bonds is 8. The fourth-order valence-electron chi connectivity index (χ4n) is 3.02. The van der Waals surface area contributed by atoms with E-state index in [0.29, 0.717) is 18.9 Å². The van der Waals surface area contributed by atoms with Crippen LogP contribution in [0.15, 0.2) is 24.3 Å². The summed E-state index contributed by atoms with van der Waals surface area (Å²) in [5, 5.41) is 3.09. The minimum absolute atomic E-state index is 0.195. The van der Waals surface area contributed by atoms with Gasteiger partial charge in [0.2, 0.25) is 5.91 Å². The molecule has 3 nitrogen and oxygen atoms in total. The summed E-state index contributed by atoms with van der Waals surface area (Å²) in [7, 11) is 0. The van der Waals surface area contributed by atoms with Crippen molar-refractivity contribution >= 4 is 5.91 Å². The first kappa shape index (κ1) is 16.9. The van der Waals surface area contributed by atoms with Crippen LogP contribution >= 0.6 is 0 Å². The van der Waals surface area contributed by atoms with Gasteiger partial charge >= 0.3 is 0 Å². The van der Waals surface area contributed by atoms with Crippen molar-refractivity contribution in [2.45, 2.75) is 58.3 Å². The van der Waals surface area contributed by atoms with Crippen molar-refractivity contribution in [3.63, 3.8) is 0 Å². The summed E-state index contributed by atoms with van der Waals surface area (Å²) in [5.41, 5.74) is 1.21. The third-order valence-corrected chi connectivity index (χ3v) is 4.37. The van der Waals surface area contributed by atoms with E-state index in [0.717, 1.165) is 25.1 Å². The maximum atomic E-state index is 11.8. The molecule has 122 valence electrons. The predicted octanol–water partition coefficient (Wildman–Crippen LogP) is 4.24. The fourth-order valence-corrected chi connectivity index (χ4v) is 3.02. The SMILES string of the molecule is Cc1cccc(OCCCCC(=O)NCC2CCCCC2)c1. The molecule has 0 unspecified atom stereocenters. The molecule has 3 heteroatoms. The molecule has 1 aromatic rings. The van der Waals surface area contributed by atoms with Gasteiger partial charge in [0.05, 0.1) is 6.61 Å². The summed E-state index contributed by atoms with van der Waals surface area (Å²) in [6.07, 6.45) is 9.02. The average molecular weight is 303 g/mol. The summed E-state index contributed by atoms with van der Waals surface area (Å²) in [6.45, 7) is 3.61. The molecule has 0 heterocycles. The summed E-state index contributed by atoms with van der Waals surface area (Å²) in [5.74, 6) is 1.82. The Hall–Kier alpha value is -1.51. The minimum atomic E-state index is 0.195. The number of carbonyl (C=O) groups is 1. The van der Waals surface area contributed by atoms with Crippen LogP contribution in [0.4, 0.5) is 0 Å². The van der Waals surface area contributed by atoms with Crippen molar-refractivity contribution in [2.75, 3.05) is 13.2 Å². The van der Waals surface area contributed by atoms with Crippen molar-refractivity contribution < 1.29 is 9.53 Å². The van der Waals surface area contributed by atoms with E-state index in [9.17, 15) is 4.79 Å². The predicted molar refractivity (Wildman–Crippen MR) is 90.1 cm³/mol. The summed E-state index contributed by atoms with van der Waals surface area (Å²) < 4.78 is 5.69. The molecule has 2 rings (SSSR count). The lowest BCUT2D eigenvalue weighted by molar-refractivity contribution is -0.121. The lowest BCUT2D eigenvalue weighted by Gasteiger charge is -2.21. The molecule has 1 amide bonds. The van der Waals surface area contributed by atoms with E-state index in [1.54, 1.807) is 0 Å². The summed E-state index contributed by atoms with van der Waals surface area (Å²) >= 11 is 0. The third-order valence-electron chi connectivity index (χ3n) is 4.37. The molecule has 0 aliphatic heterocycles. The average Bonchev–Trinajstić information content (AvgIpc) is 2.54. The molecular weight excluding hydrogens is 274 g/mol. The molecule has 1 aliphatic rings. The van der Waals surface area contributed by atoms with Crippen LogP contribution in [0.2, 0.25) is 0 Å². The molecule has 0 saturated heterocycles. The van der Waals surface area contributed by atoms with E-state index in [2.05, 4.69) is 18.3 Å². The van der Waals surface area contributed by atoms with Gasteiger partial charge in [0.15, 0.2) is 0 Å². The largest absolute Gasteiger partial charge is 0.494 e. The number of nitrogens with one attached hydrogen (secondary N) is 1. The van der Waals surface area contributed by atoms with Gasteiger partial charge in [-0.3, -0.25) is 4.79 Å². The van der Waals surface area contributed by atoms with Gasteiger partial charge in [-0.2, -0.15) is 0 Å². The van der Waals surface area contributed by atoms with E-state index >= 15 is 0 Å². The van der Waals surface area contributed by atoms with Gasteiger partial charge in [-0.25, -0.2) is 0 Å². The van der Waals surface area contributed by atoms with Crippen LogP contribution in [0, 0.1) is 12.8 Å². The van der Waals surface area contributed by atoms with Crippen molar-refractivity contribution in [2.24, 2.45) is 5.92 Å². The molecule has 22 heavy (non-hydrogen) atoms.